The first-order valence-corrected chi connectivity index (χ1v) is 7.68. The SMILES string of the molecule is COCO[C@H]([C@H](C)COCc1ccccc1)[C@@H](C)/C=C/CO. The molecule has 124 valence electrons. The zero-order valence-electron chi connectivity index (χ0n) is 13.8. The molecule has 0 saturated heterocycles. The topological polar surface area (TPSA) is 47.9 Å². The highest BCUT2D eigenvalue weighted by Gasteiger charge is 2.23. The molecule has 1 N–H and O–H groups in total. The van der Waals surface area contributed by atoms with E-state index in [4.69, 9.17) is 19.3 Å². The molecule has 0 saturated carbocycles. The summed E-state index contributed by atoms with van der Waals surface area (Å²) in [6.45, 7) is 5.68. The Morgan fingerprint density at radius 3 is 2.55 bits per heavy atom. The van der Waals surface area contributed by atoms with E-state index in [1.807, 2.05) is 24.3 Å². The fourth-order valence-corrected chi connectivity index (χ4v) is 2.40. The van der Waals surface area contributed by atoms with Crippen molar-refractivity contribution in [3.05, 3.63) is 48.0 Å². The molecule has 0 aliphatic rings. The molecule has 1 rings (SSSR count). The van der Waals surface area contributed by atoms with Gasteiger partial charge in [-0.05, 0) is 5.56 Å². The molecule has 0 radical (unpaired) electrons. The van der Waals surface area contributed by atoms with E-state index in [-0.39, 0.29) is 31.3 Å². The number of aliphatic hydroxyl groups is 1. The van der Waals surface area contributed by atoms with Crippen LogP contribution in [-0.4, -0.2) is 38.3 Å². The molecular weight excluding hydrogens is 280 g/mol. The molecule has 1 aromatic rings. The minimum absolute atomic E-state index is 0.0153. The fraction of sp³-hybridized carbons (Fsp3) is 0.556. The summed E-state index contributed by atoms with van der Waals surface area (Å²) in [6, 6.07) is 10.1. The van der Waals surface area contributed by atoms with Crippen LogP contribution in [0.1, 0.15) is 19.4 Å². The number of benzene rings is 1. The highest BCUT2D eigenvalue weighted by Crippen LogP contribution is 2.19. The van der Waals surface area contributed by atoms with Crippen LogP contribution in [0.5, 0.6) is 0 Å². The summed E-state index contributed by atoms with van der Waals surface area (Å²) in [5, 5.41) is 8.90. The second kappa shape index (κ2) is 11.4. The van der Waals surface area contributed by atoms with Crippen molar-refractivity contribution in [3.8, 4) is 0 Å². The minimum Gasteiger partial charge on any atom is -0.392 e. The number of hydrogen-bond acceptors (Lipinski definition) is 4. The Balaban J connectivity index is 2.47. The van der Waals surface area contributed by atoms with Crippen molar-refractivity contribution >= 4 is 0 Å². The van der Waals surface area contributed by atoms with Crippen LogP contribution in [0.2, 0.25) is 0 Å². The zero-order valence-corrected chi connectivity index (χ0v) is 13.8. The van der Waals surface area contributed by atoms with Crippen molar-refractivity contribution in [2.24, 2.45) is 11.8 Å². The second-order valence-electron chi connectivity index (χ2n) is 5.49. The molecule has 0 amide bonds. The van der Waals surface area contributed by atoms with Gasteiger partial charge >= 0.3 is 0 Å². The first kappa shape index (κ1) is 18.8. The fourth-order valence-electron chi connectivity index (χ4n) is 2.40. The van der Waals surface area contributed by atoms with Crippen molar-refractivity contribution in [1.29, 1.82) is 0 Å². The van der Waals surface area contributed by atoms with Gasteiger partial charge in [0, 0.05) is 18.9 Å². The van der Waals surface area contributed by atoms with Crippen LogP contribution in [0.4, 0.5) is 0 Å². The predicted molar refractivity (Wildman–Crippen MR) is 87.4 cm³/mol. The number of hydrogen-bond donors (Lipinski definition) is 1. The van der Waals surface area contributed by atoms with Crippen molar-refractivity contribution in [2.45, 2.75) is 26.6 Å². The molecule has 4 heteroatoms. The van der Waals surface area contributed by atoms with Gasteiger partial charge in [-0.2, -0.15) is 0 Å². The third kappa shape index (κ3) is 7.18. The van der Waals surface area contributed by atoms with Crippen LogP contribution in [0.25, 0.3) is 0 Å². The maximum Gasteiger partial charge on any atom is 0.146 e. The molecule has 0 unspecified atom stereocenters. The van der Waals surface area contributed by atoms with Crippen molar-refractivity contribution in [3.63, 3.8) is 0 Å². The molecule has 0 fully saturated rings. The van der Waals surface area contributed by atoms with E-state index in [0.717, 1.165) is 5.56 Å². The van der Waals surface area contributed by atoms with Gasteiger partial charge in [-0.25, -0.2) is 0 Å². The van der Waals surface area contributed by atoms with Crippen LogP contribution in [0.15, 0.2) is 42.5 Å². The van der Waals surface area contributed by atoms with Crippen molar-refractivity contribution in [1.82, 2.24) is 0 Å². The Kier molecular flexibility index (Phi) is 9.75. The summed E-state index contributed by atoms with van der Waals surface area (Å²) < 4.78 is 16.6. The normalized spacial score (nSPS) is 15.8. The minimum atomic E-state index is -0.0153. The number of rotatable bonds is 11. The number of ether oxygens (including phenoxy) is 3. The number of aliphatic hydroxyl groups excluding tert-OH is 1. The van der Waals surface area contributed by atoms with Crippen molar-refractivity contribution in [2.75, 3.05) is 27.1 Å². The van der Waals surface area contributed by atoms with Gasteiger partial charge in [0.1, 0.15) is 6.79 Å². The third-order valence-corrected chi connectivity index (χ3v) is 3.49. The van der Waals surface area contributed by atoms with E-state index in [1.54, 1.807) is 13.2 Å². The first-order chi connectivity index (χ1) is 10.7. The van der Waals surface area contributed by atoms with Crippen LogP contribution >= 0.6 is 0 Å². The first-order valence-electron chi connectivity index (χ1n) is 7.68. The molecule has 0 heterocycles. The van der Waals surface area contributed by atoms with Gasteiger partial charge in [0.2, 0.25) is 0 Å². The quantitative estimate of drug-likeness (QED) is 0.504. The maximum atomic E-state index is 8.90. The lowest BCUT2D eigenvalue weighted by atomic mass is 9.93. The zero-order chi connectivity index (χ0) is 16.2. The Labute approximate surface area is 133 Å². The molecule has 0 bridgehead atoms. The smallest absolute Gasteiger partial charge is 0.146 e. The summed E-state index contributed by atoms with van der Waals surface area (Å²) in [5.41, 5.74) is 1.16. The molecular formula is C18H28O4. The third-order valence-electron chi connectivity index (χ3n) is 3.49. The molecule has 0 aliphatic carbocycles. The molecule has 1 aromatic carbocycles. The lowest BCUT2D eigenvalue weighted by molar-refractivity contribution is -0.112. The predicted octanol–water partition coefficient (Wildman–Crippen LogP) is 3.01. The van der Waals surface area contributed by atoms with Crippen LogP contribution in [0.3, 0.4) is 0 Å². The highest BCUT2D eigenvalue weighted by atomic mass is 16.7. The highest BCUT2D eigenvalue weighted by molar-refractivity contribution is 5.13. The average Bonchev–Trinajstić information content (AvgIpc) is 2.54. The molecule has 3 atom stereocenters. The van der Waals surface area contributed by atoms with Gasteiger partial charge in [0.05, 0.1) is 25.9 Å². The Morgan fingerprint density at radius 2 is 1.91 bits per heavy atom. The molecule has 0 aliphatic heterocycles. The van der Waals surface area contributed by atoms with Gasteiger partial charge < -0.3 is 19.3 Å². The molecule has 0 spiro atoms. The van der Waals surface area contributed by atoms with E-state index in [1.165, 1.54) is 0 Å². The second-order valence-corrected chi connectivity index (χ2v) is 5.49. The van der Waals surface area contributed by atoms with E-state index >= 15 is 0 Å². The largest absolute Gasteiger partial charge is 0.392 e. The van der Waals surface area contributed by atoms with Gasteiger partial charge in [-0.3, -0.25) is 0 Å². The van der Waals surface area contributed by atoms with Crippen LogP contribution < -0.4 is 0 Å². The summed E-state index contributed by atoms with van der Waals surface area (Å²) >= 11 is 0. The monoisotopic (exact) mass is 308 g/mol. The van der Waals surface area contributed by atoms with Gasteiger partial charge in [0.15, 0.2) is 0 Å². The van der Waals surface area contributed by atoms with Gasteiger partial charge in [-0.15, -0.1) is 0 Å². The summed E-state index contributed by atoms with van der Waals surface area (Å²) in [5.74, 6) is 0.398. The van der Waals surface area contributed by atoms with E-state index in [0.29, 0.717) is 13.2 Å². The lowest BCUT2D eigenvalue weighted by Gasteiger charge is -2.28. The van der Waals surface area contributed by atoms with Crippen LogP contribution in [-0.2, 0) is 20.8 Å². The molecule has 22 heavy (non-hydrogen) atoms. The molecule has 0 aromatic heterocycles. The van der Waals surface area contributed by atoms with E-state index < -0.39 is 0 Å². The average molecular weight is 308 g/mol. The lowest BCUT2D eigenvalue weighted by Crippen LogP contribution is -2.32. The molecule has 4 nitrogen and oxygen atoms in total. The van der Waals surface area contributed by atoms with Crippen LogP contribution in [0, 0.1) is 11.8 Å². The van der Waals surface area contributed by atoms with Gasteiger partial charge in [0.25, 0.3) is 0 Å². The summed E-state index contributed by atoms with van der Waals surface area (Å²) in [4.78, 5) is 0. The van der Waals surface area contributed by atoms with E-state index in [9.17, 15) is 0 Å². The Bertz CT molecular complexity index is 405. The maximum absolute atomic E-state index is 8.90. The Hall–Kier alpha value is -1.20. The standard InChI is InChI=1S/C18H28O4/c1-15(8-7-11-19)18(22-14-20-3)16(2)12-21-13-17-9-5-4-6-10-17/h4-10,15-16,18-19H,11-14H2,1-3H3/b8-7+/t15-,16+,18-/m0/s1. The van der Waals surface area contributed by atoms with E-state index in [2.05, 4.69) is 26.0 Å². The number of methoxy groups -OCH3 is 1. The Morgan fingerprint density at radius 1 is 1.18 bits per heavy atom. The summed E-state index contributed by atoms with van der Waals surface area (Å²) in [6.07, 6.45) is 3.69. The van der Waals surface area contributed by atoms with Gasteiger partial charge in [-0.1, -0.05) is 56.3 Å². The summed E-state index contributed by atoms with van der Waals surface area (Å²) in [7, 11) is 1.61. The van der Waals surface area contributed by atoms with Crippen molar-refractivity contribution < 1.29 is 19.3 Å².